The van der Waals surface area contributed by atoms with Crippen LogP contribution in [0.5, 0.6) is 5.75 Å². The molecule has 20 heavy (non-hydrogen) atoms. The number of nitrogens with zero attached hydrogens (tertiary/aromatic N) is 1. The highest BCUT2D eigenvalue weighted by Crippen LogP contribution is 2.14. The molecule has 4 heteroatoms. The number of piperidine rings is 1. The molecular weight excluding hydrogens is 254 g/mol. The quantitative estimate of drug-likeness (QED) is 0.856. The second-order valence-electron chi connectivity index (χ2n) is 4.92. The van der Waals surface area contributed by atoms with Crippen LogP contribution in [0.1, 0.15) is 25.3 Å². The Bertz CT molecular complexity index is 467. The molecular formula is C16H21NO3. The maximum atomic E-state index is 12.0. The molecule has 1 unspecified atom stereocenters. The summed E-state index contributed by atoms with van der Waals surface area (Å²) < 4.78 is 5.37. The van der Waals surface area contributed by atoms with Gasteiger partial charge in [0.2, 0.25) is 5.91 Å². The van der Waals surface area contributed by atoms with Gasteiger partial charge < -0.3 is 14.7 Å². The predicted molar refractivity (Wildman–Crippen MR) is 78.5 cm³/mol. The van der Waals surface area contributed by atoms with Crippen LogP contribution in [0.4, 0.5) is 0 Å². The van der Waals surface area contributed by atoms with Gasteiger partial charge in [-0.05, 0) is 43.5 Å². The number of carbonyl (C=O) groups is 1. The van der Waals surface area contributed by atoms with Crippen LogP contribution >= 0.6 is 0 Å². The molecule has 0 aromatic heterocycles. The summed E-state index contributed by atoms with van der Waals surface area (Å²) in [6.45, 7) is 3.75. The molecule has 1 aromatic carbocycles. The number of likely N-dealkylation sites (tertiary alicyclic amines) is 1. The Morgan fingerprint density at radius 3 is 2.85 bits per heavy atom. The summed E-state index contributed by atoms with van der Waals surface area (Å²) in [5, 5.41) is 9.56. The summed E-state index contributed by atoms with van der Waals surface area (Å²) in [4.78, 5) is 13.7. The van der Waals surface area contributed by atoms with Crippen molar-refractivity contribution in [1.82, 2.24) is 4.90 Å². The SMILES string of the molecule is CCOc1ccc(/C=C/C(=O)N2CCCC(O)C2)cc1. The summed E-state index contributed by atoms with van der Waals surface area (Å²) in [6, 6.07) is 7.61. The molecule has 2 rings (SSSR count). The van der Waals surface area contributed by atoms with Crippen LogP contribution in [0.3, 0.4) is 0 Å². The molecule has 0 radical (unpaired) electrons. The van der Waals surface area contributed by atoms with Crippen molar-refractivity contribution >= 4 is 12.0 Å². The first-order valence-electron chi connectivity index (χ1n) is 7.07. The maximum absolute atomic E-state index is 12.0. The van der Waals surface area contributed by atoms with Crippen LogP contribution in [-0.2, 0) is 4.79 Å². The van der Waals surface area contributed by atoms with E-state index in [1.165, 1.54) is 0 Å². The number of carbonyl (C=O) groups excluding carboxylic acids is 1. The zero-order valence-corrected chi connectivity index (χ0v) is 11.8. The van der Waals surface area contributed by atoms with E-state index in [0.29, 0.717) is 13.2 Å². The lowest BCUT2D eigenvalue weighted by atomic mass is 10.1. The van der Waals surface area contributed by atoms with E-state index >= 15 is 0 Å². The van der Waals surface area contributed by atoms with Crippen molar-refractivity contribution in [2.75, 3.05) is 19.7 Å². The lowest BCUT2D eigenvalue weighted by molar-refractivity contribution is -0.128. The number of amides is 1. The number of benzene rings is 1. The minimum Gasteiger partial charge on any atom is -0.494 e. The van der Waals surface area contributed by atoms with Gasteiger partial charge in [-0.3, -0.25) is 4.79 Å². The first-order valence-corrected chi connectivity index (χ1v) is 7.07. The monoisotopic (exact) mass is 275 g/mol. The number of hydrogen-bond acceptors (Lipinski definition) is 3. The second-order valence-corrected chi connectivity index (χ2v) is 4.92. The van der Waals surface area contributed by atoms with E-state index in [1.807, 2.05) is 31.2 Å². The summed E-state index contributed by atoms with van der Waals surface area (Å²) in [5.74, 6) is 0.785. The van der Waals surface area contributed by atoms with Gasteiger partial charge >= 0.3 is 0 Å². The number of ether oxygens (including phenoxy) is 1. The lowest BCUT2D eigenvalue weighted by Crippen LogP contribution is -2.41. The van der Waals surface area contributed by atoms with Crippen LogP contribution in [0, 0.1) is 0 Å². The maximum Gasteiger partial charge on any atom is 0.246 e. The third-order valence-corrected chi connectivity index (χ3v) is 3.32. The Labute approximate surface area is 119 Å². The van der Waals surface area contributed by atoms with E-state index in [4.69, 9.17) is 4.74 Å². The largest absolute Gasteiger partial charge is 0.494 e. The van der Waals surface area contributed by atoms with Gasteiger partial charge in [-0.25, -0.2) is 0 Å². The molecule has 1 aliphatic rings. The fourth-order valence-corrected chi connectivity index (χ4v) is 2.27. The lowest BCUT2D eigenvalue weighted by Gasteiger charge is -2.29. The normalized spacial score (nSPS) is 19.3. The Morgan fingerprint density at radius 1 is 1.45 bits per heavy atom. The van der Waals surface area contributed by atoms with Gasteiger partial charge in [0.25, 0.3) is 0 Å². The first kappa shape index (κ1) is 14.6. The molecule has 1 fully saturated rings. The highest BCUT2D eigenvalue weighted by atomic mass is 16.5. The molecule has 108 valence electrons. The van der Waals surface area contributed by atoms with Gasteiger partial charge in [0, 0.05) is 19.2 Å². The molecule has 1 aliphatic heterocycles. The zero-order valence-electron chi connectivity index (χ0n) is 11.8. The van der Waals surface area contributed by atoms with Gasteiger partial charge in [0.15, 0.2) is 0 Å². The molecule has 1 amide bonds. The molecule has 1 aromatic rings. The highest BCUT2D eigenvalue weighted by Gasteiger charge is 2.20. The van der Waals surface area contributed by atoms with E-state index in [1.54, 1.807) is 17.1 Å². The smallest absolute Gasteiger partial charge is 0.246 e. The summed E-state index contributed by atoms with van der Waals surface area (Å²) in [7, 11) is 0. The number of aliphatic hydroxyl groups is 1. The number of β-amino-alcohol motifs (C(OH)–C–C–N with tert-alkyl or cyclic N) is 1. The topological polar surface area (TPSA) is 49.8 Å². The summed E-state index contributed by atoms with van der Waals surface area (Å²) >= 11 is 0. The van der Waals surface area contributed by atoms with E-state index < -0.39 is 0 Å². The van der Waals surface area contributed by atoms with Crippen molar-refractivity contribution in [2.45, 2.75) is 25.9 Å². The second kappa shape index (κ2) is 7.10. The number of hydrogen-bond donors (Lipinski definition) is 1. The van der Waals surface area contributed by atoms with Gasteiger partial charge in [0.1, 0.15) is 5.75 Å². The summed E-state index contributed by atoms with van der Waals surface area (Å²) in [6.07, 6.45) is 4.62. The fraction of sp³-hybridized carbons (Fsp3) is 0.438. The van der Waals surface area contributed by atoms with E-state index in [0.717, 1.165) is 30.7 Å². The molecule has 0 saturated carbocycles. The molecule has 0 spiro atoms. The van der Waals surface area contributed by atoms with Gasteiger partial charge in [-0.15, -0.1) is 0 Å². The van der Waals surface area contributed by atoms with Gasteiger partial charge in [-0.2, -0.15) is 0 Å². The van der Waals surface area contributed by atoms with Crippen molar-refractivity contribution in [3.63, 3.8) is 0 Å². The molecule has 0 bridgehead atoms. The molecule has 1 N–H and O–H groups in total. The van der Waals surface area contributed by atoms with E-state index in [2.05, 4.69) is 0 Å². The number of aliphatic hydroxyl groups excluding tert-OH is 1. The van der Waals surface area contributed by atoms with Gasteiger partial charge in [-0.1, -0.05) is 12.1 Å². The van der Waals surface area contributed by atoms with Crippen molar-refractivity contribution in [2.24, 2.45) is 0 Å². The van der Waals surface area contributed by atoms with Crippen molar-refractivity contribution in [3.05, 3.63) is 35.9 Å². The van der Waals surface area contributed by atoms with Gasteiger partial charge in [0.05, 0.1) is 12.7 Å². The van der Waals surface area contributed by atoms with Crippen LogP contribution in [-0.4, -0.2) is 41.7 Å². The van der Waals surface area contributed by atoms with Crippen LogP contribution in [0.15, 0.2) is 30.3 Å². The minimum absolute atomic E-state index is 0.0439. The Balaban J connectivity index is 1.92. The van der Waals surface area contributed by atoms with Crippen molar-refractivity contribution in [3.8, 4) is 5.75 Å². The first-order chi connectivity index (χ1) is 9.69. The molecule has 4 nitrogen and oxygen atoms in total. The Hall–Kier alpha value is -1.81. The zero-order chi connectivity index (χ0) is 14.4. The van der Waals surface area contributed by atoms with Crippen LogP contribution in [0.25, 0.3) is 6.08 Å². The Kier molecular flexibility index (Phi) is 5.18. The Morgan fingerprint density at radius 2 is 2.20 bits per heavy atom. The average Bonchev–Trinajstić information content (AvgIpc) is 2.46. The van der Waals surface area contributed by atoms with Crippen molar-refractivity contribution in [1.29, 1.82) is 0 Å². The third kappa shape index (κ3) is 4.10. The fourth-order valence-electron chi connectivity index (χ4n) is 2.27. The molecule has 1 heterocycles. The summed E-state index contributed by atoms with van der Waals surface area (Å²) in [5.41, 5.74) is 0.958. The average molecular weight is 275 g/mol. The molecule has 0 aliphatic carbocycles. The van der Waals surface area contributed by atoms with Crippen LogP contribution < -0.4 is 4.74 Å². The van der Waals surface area contributed by atoms with Crippen LogP contribution in [0.2, 0.25) is 0 Å². The number of rotatable bonds is 4. The van der Waals surface area contributed by atoms with E-state index in [9.17, 15) is 9.90 Å². The minimum atomic E-state index is -0.383. The standard InChI is InChI=1S/C16H21NO3/c1-2-20-15-8-5-13(6-9-15)7-10-16(19)17-11-3-4-14(18)12-17/h5-10,14,18H,2-4,11-12H2,1H3/b10-7+. The molecule has 1 atom stereocenters. The molecule has 1 saturated heterocycles. The van der Waals surface area contributed by atoms with E-state index in [-0.39, 0.29) is 12.0 Å². The predicted octanol–water partition coefficient (Wildman–Crippen LogP) is 2.08. The van der Waals surface area contributed by atoms with Crippen molar-refractivity contribution < 1.29 is 14.6 Å². The third-order valence-electron chi connectivity index (χ3n) is 3.32. The highest BCUT2D eigenvalue weighted by molar-refractivity contribution is 5.91.